The smallest absolute Gasteiger partial charge is 0.328 e. The molecule has 0 fully saturated rings. The Labute approximate surface area is 169 Å². The van der Waals surface area contributed by atoms with Gasteiger partial charge in [-0.15, -0.1) is 0 Å². The molecule has 0 aliphatic carbocycles. The largest absolute Gasteiger partial charge is 0.493 e. The number of methoxy groups -OCH3 is 4. The molecule has 0 unspecified atom stereocenters. The SMILES string of the molecule is COc1cccc(OC)c1OC(=O)C(C)(C)C(=O)Oc1c(OC)cccc1OC. The van der Waals surface area contributed by atoms with E-state index >= 15 is 0 Å². The standard InChI is InChI=1S/C21H24O8/c1-21(2,19(22)28-17-13(24-3)9-7-10-14(17)25-4)20(23)29-18-15(26-5)11-8-12-16(18)27-6/h7-12H,1-6H3. The van der Waals surface area contributed by atoms with E-state index in [1.165, 1.54) is 42.3 Å². The highest BCUT2D eigenvalue weighted by Crippen LogP contribution is 2.40. The summed E-state index contributed by atoms with van der Waals surface area (Å²) in [6, 6.07) is 9.79. The molecule has 0 radical (unpaired) electrons. The first-order valence-electron chi connectivity index (χ1n) is 8.66. The fraction of sp³-hybridized carbons (Fsp3) is 0.333. The van der Waals surface area contributed by atoms with Crippen LogP contribution in [0.15, 0.2) is 36.4 Å². The minimum atomic E-state index is -1.66. The Kier molecular flexibility index (Phi) is 6.93. The van der Waals surface area contributed by atoms with Crippen LogP contribution in [-0.2, 0) is 9.59 Å². The Morgan fingerprint density at radius 1 is 0.621 bits per heavy atom. The van der Waals surface area contributed by atoms with E-state index in [2.05, 4.69) is 0 Å². The highest BCUT2D eigenvalue weighted by molar-refractivity contribution is 6.01. The summed E-state index contributed by atoms with van der Waals surface area (Å²) in [6.45, 7) is 2.78. The third-order valence-corrected chi connectivity index (χ3v) is 4.18. The molecule has 0 amide bonds. The summed E-state index contributed by atoms with van der Waals surface area (Å²) in [5.74, 6) is -0.419. The minimum absolute atomic E-state index is 0.0678. The highest BCUT2D eigenvalue weighted by atomic mass is 16.6. The maximum atomic E-state index is 12.8. The molecule has 0 bridgehead atoms. The molecule has 0 N–H and O–H groups in total. The van der Waals surface area contributed by atoms with Gasteiger partial charge in [0.2, 0.25) is 11.5 Å². The molecule has 0 spiro atoms. The van der Waals surface area contributed by atoms with Crippen LogP contribution in [0.2, 0.25) is 0 Å². The van der Waals surface area contributed by atoms with Gasteiger partial charge < -0.3 is 28.4 Å². The van der Waals surface area contributed by atoms with E-state index < -0.39 is 17.4 Å². The van der Waals surface area contributed by atoms with E-state index in [0.717, 1.165) is 0 Å². The summed E-state index contributed by atoms with van der Waals surface area (Å²) < 4.78 is 31.7. The van der Waals surface area contributed by atoms with E-state index in [1.54, 1.807) is 36.4 Å². The first-order chi connectivity index (χ1) is 13.8. The van der Waals surface area contributed by atoms with Gasteiger partial charge in [-0.05, 0) is 38.1 Å². The van der Waals surface area contributed by atoms with Crippen LogP contribution in [0.25, 0.3) is 0 Å². The van der Waals surface area contributed by atoms with Gasteiger partial charge in [0.25, 0.3) is 0 Å². The van der Waals surface area contributed by atoms with Gasteiger partial charge >= 0.3 is 11.9 Å². The first kappa shape index (κ1) is 21.9. The number of hydrogen-bond acceptors (Lipinski definition) is 8. The number of hydrogen-bond donors (Lipinski definition) is 0. The maximum Gasteiger partial charge on any atom is 0.328 e. The van der Waals surface area contributed by atoms with E-state index in [-0.39, 0.29) is 34.5 Å². The lowest BCUT2D eigenvalue weighted by atomic mass is 9.94. The number of carbonyl (C=O) groups is 2. The Balaban J connectivity index is 2.30. The van der Waals surface area contributed by atoms with Crippen LogP contribution < -0.4 is 28.4 Å². The van der Waals surface area contributed by atoms with Crippen molar-refractivity contribution in [1.29, 1.82) is 0 Å². The Morgan fingerprint density at radius 3 is 1.14 bits per heavy atom. The van der Waals surface area contributed by atoms with Crippen LogP contribution in [0.4, 0.5) is 0 Å². The lowest BCUT2D eigenvalue weighted by Crippen LogP contribution is -2.39. The molecule has 2 rings (SSSR count). The van der Waals surface area contributed by atoms with Crippen LogP contribution in [0.1, 0.15) is 13.8 Å². The predicted molar refractivity (Wildman–Crippen MR) is 104 cm³/mol. The summed E-state index contributed by atoms with van der Waals surface area (Å²) >= 11 is 0. The van der Waals surface area contributed by atoms with Gasteiger partial charge in [0.05, 0.1) is 28.4 Å². The summed E-state index contributed by atoms with van der Waals surface area (Å²) in [5, 5.41) is 0. The third kappa shape index (κ3) is 4.53. The van der Waals surface area contributed by atoms with Crippen molar-refractivity contribution in [2.75, 3.05) is 28.4 Å². The molecular formula is C21H24O8. The lowest BCUT2D eigenvalue weighted by molar-refractivity contribution is -0.158. The second kappa shape index (κ2) is 9.18. The van der Waals surface area contributed by atoms with Crippen LogP contribution in [0.3, 0.4) is 0 Å². The number of ether oxygens (including phenoxy) is 6. The zero-order valence-electron chi connectivity index (χ0n) is 17.2. The van der Waals surface area contributed by atoms with Gasteiger partial charge in [-0.25, -0.2) is 0 Å². The topological polar surface area (TPSA) is 89.5 Å². The van der Waals surface area contributed by atoms with E-state index in [0.29, 0.717) is 0 Å². The average molecular weight is 404 g/mol. The molecule has 156 valence electrons. The third-order valence-electron chi connectivity index (χ3n) is 4.18. The number of benzene rings is 2. The van der Waals surface area contributed by atoms with Crippen molar-refractivity contribution in [1.82, 2.24) is 0 Å². The minimum Gasteiger partial charge on any atom is -0.493 e. The Morgan fingerprint density at radius 2 is 0.897 bits per heavy atom. The monoisotopic (exact) mass is 404 g/mol. The Bertz CT molecular complexity index is 772. The molecule has 8 nitrogen and oxygen atoms in total. The normalized spacial score (nSPS) is 10.7. The number of para-hydroxylation sites is 2. The van der Waals surface area contributed by atoms with Crippen LogP contribution in [-0.4, -0.2) is 40.4 Å². The summed E-state index contributed by atoms with van der Waals surface area (Å²) in [5.41, 5.74) is -1.66. The van der Waals surface area contributed by atoms with E-state index in [1.807, 2.05) is 0 Å². The molecular weight excluding hydrogens is 380 g/mol. The van der Waals surface area contributed by atoms with E-state index in [4.69, 9.17) is 28.4 Å². The molecule has 0 aliphatic rings. The van der Waals surface area contributed by atoms with Crippen molar-refractivity contribution >= 4 is 11.9 Å². The quantitative estimate of drug-likeness (QED) is 0.376. The van der Waals surface area contributed by atoms with Gasteiger partial charge in [-0.2, -0.15) is 0 Å². The van der Waals surface area contributed by atoms with Gasteiger partial charge in [0.1, 0.15) is 0 Å². The van der Waals surface area contributed by atoms with Crippen LogP contribution >= 0.6 is 0 Å². The molecule has 0 aromatic heterocycles. The van der Waals surface area contributed by atoms with Crippen LogP contribution in [0.5, 0.6) is 34.5 Å². The van der Waals surface area contributed by atoms with Crippen molar-refractivity contribution in [2.45, 2.75) is 13.8 Å². The zero-order valence-corrected chi connectivity index (χ0v) is 17.2. The molecule has 0 aliphatic heterocycles. The van der Waals surface area contributed by atoms with Crippen molar-refractivity contribution in [3.8, 4) is 34.5 Å². The number of esters is 2. The molecule has 8 heteroatoms. The second-order valence-corrected chi connectivity index (χ2v) is 6.39. The molecule has 0 saturated heterocycles. The summed E-state index contributed by atoms with van der Waals surface area (Å²) in [6.07, 6.45) is 0. The average Bonchev–Trinajstić information content (AvgIpc) is 2.73. The first-order valence-corrected chi connectivity index (χ1v) is 8.66. The fourth-order valence-corrected chi connectivity index (χ4v) is 2.36. The van der Waals surface area contributed by atoms with Crippen molar-refractivity contribution in [2.24, 2.45) is 5.41 Å². The summed E-state index contributed by atoms with van der Waals surface area (Å²) in [4.78, 5) is 25.6. The molecule has 0 atom stereocenters. The van der Waals surface area contributed by atoms with Crippen LogP contribution in [0, 0.1) is 5.41 Å². The molecule has 29 heavy (non-hydrogen) atoms. The van der Waals surface area contributed by atoms with Crippen molar-refractivity contribution in [3.05, 3.63) is 36.4 Å². The maximum absolute atomic E-state index is 12.8. The molecule has 2 aromatic rings. The number of carbonyl (C=O) groups excluding carboxylic acids is 2. The van der Waals surface area contributed by atoms with Gasteiger partial charge in [-0.1, -0.05) is 12.1 Å². The van der Waals surface area contributed by atoms with Crippen molar-refractivity contribution in [3.63, 3.8) is 0 Å². The predicted octanol–water partition coefficient (Wildman–Crippen LogP) is 3.26. The van der Waals surface area contributed by atoms with Crippen molar-refractivity contribution < 1.29 is 38.0 Å². The second-order valence-electron chi connectivity index (χ2n) is 6.39. The Hall–Kier alpha value is -3.42. The highest BCUT2D eigenvalue weighted by Gasteiger charge is 2.42. The number of rotatable bonds is 8. The zero-order chi connectivity index (χ0) is 21.6. The van der Waals surface area contributed by atoms with Gasteiger partial charge in [-0.3, -0.25) is 9.59 Å². The summed E-state index contributed by atoms with van der Waals surface area (Å²) in [7, 11) is 5.72. The van der Waals surface area contributed by atoms with Gasteiger partial charge in [0, 0.05) is 0 Å². The van der Waals surface area contributed by atoms with Gasteiger partial charge in [0.15, 0.2) is 28.4 Å². The lowest BCUT2D eigenvalue weighted by Gasteiger charge is -2.23. The molecule has 0 saturated carbocycles. The molecule has 0 heterocycles. The fourth-order valence-electron chi connectivity index (χ4n) is 2.36. The molecule has 2 aromatic carbocycles. The van der Waals surface area contributed by atoms with E-state index in [9.17, 15) is 9.59 Å².